The summed E-state index contributed by atoms with van der Waals surface area (Å²) < 4.78 is 10.1. The Bertz CT molecular complexity index is 309. The normalized spacial score (nSPS) is 12.5. The van der Waals surface area contributed by atoms with Crippen LogP contribution in [0.15, 0.2) is 22.8 Å². The molecule has 0 bridgehead atoms. The molecule has 1 N–H and O–H groups in total. The maximum atomic E-state index is 11.2. The Morgan fingerprint density at radius 2 is 2.38 bits per heavy atom. The van der Waals surface area contributed by atoms with Gasteiger partial charge in [-0.15, -0.1) is 0 Å². The van der Waals surface area contributed by atoms with Crippen LogP contribution in [0.2, 0.25) is 0 Å². The number of alkyl carbamates (subject to hydrolysis) is 1. The number of ether oxygens (including phenoxy) is 1. The van der Waals surface area contributed by atoms with E-state index in [2.05, 4.69) is 5.32 Å². The fraction of sp³-hybridized carbons (Fsp3) is 0.545. The highest BCUT2D eigenvalue weighted by molar-refractivity contribution is 5.67. The van der Waals surface area contributed by atoms with Crippen molar-refractivity contribution in [2.75, 3.05) is 27.2 Å². The van der Waals surface area contributed by atoms with Crippen molar-refractivity contribution in [3.63, 3.8) is 0 Å². The lowest BCUT2D eigenvalue weighted by atomic mass is 10.2. The lowest BCUT2D eigenvalue weighted by Crippen LogP contribution is -2.34. The number of rotatable bonds is 5. The van der Waals surface area contributed by atoms with Gasteiger partial charge in [-0.05, 0) is 33.2 Å². The molecule has 0 aliphatic heterocycles. The first-order chi connectivity index (χ1) is 7.65. The van der Waals surface area contributed by atoms with Crippen molar-refractivity contribution in [3.05, 3.63) is 24.2 Å². The summed E-state index contributed by atoms with van der Waals surface area (Å²) in [6, 6.07) is 3.73. The standard InChI is InChI=1S/C11H18N2O3/c1-4-15-11(14)12-8-9(13(2)3)10-6-5-7-16-10/h5-7,9H,4,8H2,1-3H3,(H,12,14)/t9-/m1/s1. The topological polar surface area (TPSA) is 54.7 Å². The number of likely N-dealkylation sites (N-methyl/N-ethyl adjacent to an activating group) is 1. The molecule has 0 aliphatic carbocycles. The third-order valence-corrected chi connectivity index (χ3v) is 2.21. The van der Waals surface area contributed by atoms with Crippen LogP contribution in [0.1, 0.15) is 18.7 Å². The number of carbonyl (C=O) groups is 1. The number of nitrogens with one attached hydrogen (secondary N) is 1. The molecule has 0 aromatic carbocycles. The Balaban J connectivity index is 2.50. The van der Waals surface area contributed by atoms with Crippen molar-refractivity contribution in [3.8, 4) is 0 Å². The van der Waals surface area contributed by atoms with Crippen LogP contribution < -0.4 is 5.32 Å². The van der Waals surface area contributed by atoms with Gasteiger partial charge in [0.25, 0.3) is 0 Å². The van der Waals surface area contributed by atoms with Crippen LogP contribution in [0.25, 0.3) is 0 Å². The summed E-state index contributed by atoms with van der Waals surface area (Å²) in [7, 11) is 3.86. The van der Waals surface area contributed by atoms with Gasteiger partial charge in [-0.2, -0.15) is 0 Å². The second kappa shape index (κ2) is 6.17. The second-order valence-corrected chi connectivity index (χ2v) is 3.60. The average Bonchev–Trinajstić information content (AvgIpc) is 2.71. The fourth-order valence-corrected chi connectivity index (χ4v) is 1.38. The van der Waals surface area contributed by atoms with E-state index in [-0.39, 0.29) is 6.04 Å². The van der Waals surface area contributed by atoms with Gasteiger partial charge in [-0.25, -0.2) is 4.79 Å². The molecule has 1 aromatic heterocycles. The molecule has 0 unspecified atom stereocenters. The number of nitrogens with zero attached hydrogens (tertiary/aromatic N) is 1. The minimum atomic E-state index is -0.402. The predicted molar refractivity (Wildman–Crippen MR) is 60.2 cm³/mol. The van der Waals surface area contributed by atoms with Crippen molar-refractivity contribution < 1.29 is 13.9 Å². The first-order valence-corrected chi connectivity index (χ1v) is 5.25. The van der Waals surface area contributed by atoms with Crippen LogP contribution in [-0.4, -0.2) is 38.2 Å². The first-order valence-electron chi connectivity index (χ1n) is 5.25. The van der Waals surface area contributed by atoms with Crippen LogP contribution in [0.4, 0.5) is 4.79 Å². The SMILES string of the molecule is CCOC(=O)NC[C@H](c1ccco1)N(C)C. The minimum absolute atomic E-state index is 0.0133. The Morgan fingerprint density at radius 1 is 1.62 bits per heavy atom. The molecule has 1 aromatic rings. The molecule has 0 fully saturated rings. The Hall–Kier alpha value is -1.49. The molecule has 16 heavy (non-hydrogen) atoms. The molecular weight excluding hydrogens is 208 g/mol. The lowest BCUT2D eigenvalue weighted by molar-refractivity contribution is 0.147. The van der Waals surface area contributed by atoms with Crippen molar-refractivity contribution >= 4 is 6.09 Å². The molecular formula is C11H18N2O3. The molecule has 90 valence electrons. The summed E-state index contributed by atoms with van der Waals surface area (Å²) in [4.78, 5) is 13.1. The number of furan rings is 1. The van der Waals surface area contributed by atoms with Gasteiger partial charge in [0, 0.05) is 6.54 Å². The fourth-order valence-electron chi connectivity index (χ4n) is 1.38. The van der Waals surface area contributed by atoms with E-state index in [1.54, 1.807) is 13.2 Å². The van der Waals surface area contributed by atoms with E-state index in [4.69, 9.17) is 9.15 Å². The van der Waals surface area contributed by atoms with E-state index in [1.165, 1.54) is 0 Å². The molecule has 0 spiro atoms. The summed E-state index contributed by atoms with van der Waals surface area (Å²) in [5.74, 6) is 0.821. The Morgan fingerprint density at radius 3 is 2.88 bits per heavy atom. The van der Waals surface area contributed by atoms with Crippen LogP contribution >= 0.6 is 0 Å². The molecule has 5 heteroatoms. The molecule has 5 nitrogen and oxygen atoms in total. The largest absolute Gasteiger partial charge is 0.468 e. The number of hydrogen-bond donors (Lipinski definition) is 1. The van der Waals surface area contributed by atoms with Gasteiger partial charge in [0.05, 0.1) is 18.9 Å². The highest BCUT2D eigenvalue weighted by Gasteiger charge is 2.17. The van der Waals surface area contributed by atoms with Gasteiger partial charge >= 0.3 is 6.09 Å². The molecule has 1 amide bonds. The molecule has 0 saturated carbocycles. The summed E-state index contributed by atoms with van der Waals surface area (Å²) >= 11 is 0. The zero-order chi connectivity index (χ0) is 12.0. The summed E-state index contributed by atoms with van der Waals surface area (Å²) in [6.07, 6.45) is 1.22. The minimum Gasteiger partial charge on any atom is -0.468 e. The van der Waals surface area contributed by atoms with Crippen molar-refractivity contribution in [2.45, 2.75) is 13.0 Å². The lowest BCUT2D eigenvalue weighted by Gasteiger charge is -2.22. The third-order valence-electron chi connectivity index (χ3n) is 2.21. The highest BCUT2D eigenvalue weighted by atomic mass is 16.5. The zero-order valence-electron chi connectivity index (χ0n) is 9.90. The van der Waals surface area contributed by atoms with Crippen LogP contribution in [0, 0.1) is 0 Å². The van der Waals surface area contributed by atoms with Gasteiger partial charge in [0.15, 0.2) is 0 Å². The number of carbonyl (C=O) groups excluding carboxylic acids is 1. The highest BCUT2D eigenvalue weighted by Crippen LogP contribution is 2.17. The zero-order valence-corrected chi connectivity index (χ0v) is 9.90. The van der Waals surface area contributed by atoms with Crippen molar-refractivity contribution in [1.82, 2.24) is 10.2 Å². The van der Waals surface area contributed by atoms with Gasteiger partial charge in [-0.3, -0.25) is 4.90 Å². The Kier molecular flexibility index (Phi) is 4.85. The summed E-state index contributed by atoms with van der Waals surface area (Å²) in [5, 5.41) is 2.69. The van der Waals surface area contributed by atoms with Crippen LogP contribution in [0.5, 0.6) is 0 Å². The summed E-state index contributed by atoms with van der Waals surface area (Å²) in [6.45, 7) is 2.61. The van der Waals surface area contributed by atoms with Gasteiger partial charge in [0.1, 0.15) is 5.76 Å². The van der Waals surface area contributed by atoms with Crippen molar-refractivity contribution in [1.29, 1.82) is 0 Å². The number of hydrogen-bond acceptors (Lipinski definition) is 4. The van der Waals surface area contributed by atoms with Crippen molar-refractivity contribution in [2.24, 2.45) is 0 Å². The van der Waals surface area contributed by atoms with Gasteiger partial charge in [-0.1, -0.05) is 0 Å². The summed E-state index contributed by atoms with van der Waals surface area (Å²) in [5.41, 5.74) is 0. The molecule has 0 radical (unpaired) electrons. The monoisotopic (exact) mass is 226 g/mol. The van der Waals surface area contributed by atoms with E-state index in [9.17, 15) is 4.79 Å². The quantitative estimate of drug-likeness (QED) is 0.829. The smallest absolute Gasteiger partial charge is 0.407 e. The molecule has 1 atom stereocenters. The molecule has 1 rings (SSSR count). The van der Waals surface area contributed by atoms with Crippen LogP contribution in [0.3, 0.4) is 0 Å². The number of amides is 1. The van der Waals surface area contributed by atoms with Crippen LogP contribution in [-0.2, 0) is 4.74 Å². The van der Waals surface area contributed by atoms with E-state index in [1.807, 2.05) is 31.1 Å². The maximum Gasteiger partial charge on any atom is 0.407 e. The van der Waals surface area contributed by atoms with Gasteiger partial charge in [0.2, 0.25) is 0 Å². The average molecular weight is 226 g/mol. The molecule has 0 saturated heterocycles. The van der Waals surface area contributed by atoms with E-state index in [0.29, 0.717) is 13.2 Å². The first kappa shape index (κ1) is 12.6. The molecule has 0 aliphatic rings. The Labute approximate surface area is 95.4 Å². The van der Waals surface area contributed by atoms with Gasteiger partial charge < -0.3 is 14.5 Å². The van der Waals surface area contributed by atoms with E-state index < -0.39 is 6.09 Å². The molecule has 1 heterocycles. The second-order valence-electron chi connectivity index (χ2n) is 3.60. The van der Waals surface area contributed by atoms with E-state index in [0.717, 1.165) is 5.76 Å². The van der Waals surface area contributed by atoms with E-state index >= 15 is 0 Å². The third kappa shape index (κ3) is 3.58. The maximum absolute atomic E-state index is 11.2. The predicted octanol–water partition coefficient (Wildman–Crippen LogP) is 1.63.